The predicted octanol–water partition coefficient (Wildman–Crippen LogP) is 1.89. The fourth-order valence-electron chi connectivity index (χ4n) is 1.80. The maximum absolute atomic E-state index is 11.7. The Bertz CT molecular complexity index is 449. The summed E-state index contributed by atoms with van der Waals surface area (Å²) in [5, 5.41) is 11.1. The number of hydroxylamine groups is 2. The van der Waals surface area contributed by atoms with Crippen molar-refractivity contribution in [3.05, 3.63) is 0 Å². The molecule has 26 heavy (non-hydrogen) atoms. The Hall–Kier alpha value is -0.540. The Kier molecular flexibility index (Phi) is 11.1. The van der Waals surface area contributed by atoms with Crippen LogP contribution in [0.3, 0.4) is 0 Å². The molecule has 0 fully saturated rings. The van der Waals surface area contributed by atoms with Gasteiger partial charge < -0.3 is 14.5 Å². The van der Waals surface area contributed by atoms with Crippen LogP contribution in [0.5, 0.6) is 0 Å². The van der Waals surface area contributed by atoms with Gasteiger partial charge in [-0.1, -0.05) is 12.8 Å². The molecule has 0 heterocycles. The predicted molar refractivity (Wildman–Crippen MR) is 97.8 cm³/mol. The van der Waals surface area contributed by atoms with E-state index < -0.39 is 19.7 Å². The van der Waals surface area contributed by atoms with Crippen LogP contribution >= 0.6 is 7.82 Å². The molecule has 2 N–H and O–H groups in total. The van der Waals surface area contributed by atoms with Gasteiger partial charge in [-0.05, 0) is 33.6 Å². The molecule has 2 unspecified atom stereocenters. The summed E-state index contributed by atoms with van der Waals surface area (Å²) in [4.78, 5) is 26.0. The highest BCUT2D eigenvalue weighted by Crippen LogP contribution is 2.43. The van der Waals surface area contributed by atoms with Gasteiger partial charge in [0.05, 0.1) is 33.4 Å². The number of likely N-dealkylation sites (N-methyl/N-ethyl adjacent to an activating group) is 1. The number of hydrogen-bond acceptors (Lipinski definition) is 6. The number of quaternary nitrogens is 1. The molecule has 0 aromatic rings. The molecule has 0 bridgehead atoms. The van der Waals surface area contributed by atoms with Crippen LogP contribution in [0.2, 0.25) is 0 Å². The number of nitrogens with zero attached hydrogens (tertiary/aromatic N) is 2. The lowest BCUT2D eigenvalue weighted by Crippen LogP contribution is -2.47. The van der Waals surface area contributed by atoms with Crippen molar-refractivity contribution in [2.75, 3.05) is 40.9 Å². The van der Waals surface area contributed by atoms with E-state index >= 15 is 0 Å². The number of phosphoric acid groups is 1. The average Bonchev–Trinajstić information content (AvgIpc) is 2.48. The molecule has 0 spiro atoms. The summed E-state index contributed by atoms with van der Waals surface area (Å²) < 4.78 is 21.6. The largest absolute Gasteiger partial charge is 0.472 e. The lowest BCUT2D eigenvalue weighted by Gasteiger charge is -2.29. The van der Waals surface area contributed by atoms with Gasteiger partial charge in [0.25, 0.3) is 0 Å². The van der Waals surface area contributed by atoms with Crippen LogP contribution < -0.4 is 0 Å². The Morgan fingerprint density at radius 3 is 2.19 bits per heavy atom. The number of carbonyl (C=O) groups is 1. The van der Waals surface area contributed by atoms with Crippen LogP contribution in [0.1, 0.15) is 46.5 Å². The monoisotopic (exact) mass is 399 g/mol. The van der Waals surface area contributed by atoms with Gasteiger partial charge in [0.2, 0.25) is 12.6 Å². The van der Waals surface area contributed by atoms with Gasteiger partial charge in [-0.15, -0.1) is 0 Å². The van der Waals surface area contributed by atoms with Crippen LogP contribution in [0.15, 0.2) is 0 Å². The minimum atomic E-state index is -4.16. The number of unbranched alkanes of at least 4 members (excludes halogenated alkanes) is 3. The van der Waals surface area contributed by atoms with Crippen LogP contribution in [0.4, 0.5) is 0 Å². The second kappa shape index (κ2) is 11.3. The number of aliphatic hydroxyl groups is 1. The first-order valence-electron chi connectivity index (χ1n) is 8.79. The molecule has 0 saturated heterocycles. The Morgan fingerprint density at radius 2 is 1.69 bits per heavy atom. The topological polar surface area (TPSA) is 106 Å². The molecular formula is C16H36N2O7P+. The quantitative estimate of drug-likeness (QED) is 0.115. The van der Waals surface area contributed by atoms with Crippen molar-refractivity contribution in [1.82, 2.24) is 5.06 Å². The van der Waals surface area contributed by atoms with Gasteiger partial charge in [0.15, 0.2) is 0 Å². The van der Waals surface area contributed by atoms with E-state index in [1.165, 1.54) is 5.06 Å². The molecule has 0 radical (unpaired) electrons. The van der Waals surface area contributed by atoms with Gasteiger partial charge in [0, 0.05) is 6.54 Å². The van der Waals surface area contributed by atoms with Crippen LogP contribution in [0.25, 0.3) is 0 Å². The summed E-state index contributed by atoms with van der Waals surface area (Å²) in [6, 6.07) is 0. The van der Waals surface area contributed by atoms with Crippen molar-refractivity contribution in [3.63, 3.8) is 0 Å². The first kappa shape index (κ1) is 25.5. The summed E-state index contributed by atoms with van der Waals surface area (Å²) in [5.41, 5.74) is -0.420. The van der Waals surface area contributed by atoms with E-state index in [1.807, 2.05) is 20.8 Å². The highest BCUT2D eigenvalue weighted by Gasteiger charge is 2.27. The van der Waals surface area contributed by atoms with E-state index in [-0.39, 0.29) is 17.7 Å². The van der Waals surface area contributed by atoms with Crippen molar-refractivity contribution < 1.29 is 37.7 Å². The lowest BCUT2D eigenvalue weighted by atomic mass is 10.2. The number of phosphoric ester groups is 1. The second-order valence-electron chi connectivity index (χ2n) is 8.06. The molecule has 2 atom stereocenters. The van der Waals surface area contributed by atoms with Gasteiger partial charge in [-0.2, -0.15) is 0 Å². The third-order valence-electron chi connectivity index (χ3n) is 3.32. The molecule has 0 aromatic carbocycles. The number of hydrogen-bond donors (Lipinski definition) is 2. The summed E-state index contributed by atoms with van der Waals surface area (Å²) in [6.45, 7) is 5.91. The van der Waals surface area contributed by atoms with Crippen molar-refractivity contribution >= 4 is 14.2 Å². The summed E-state index contributed by atoms with van der Waals surface area (Å²) >= 11 is 0. The zero-order chi connectivity index (χ0) is 20.4. The van der Waals surface area contributed by atoms with E-state index in [0.717, 1.165) is 19.3 Å². The number of aliphatic hydroxyl groups excluding tert-OH is 1. The first-order chi connectivity index (χ1) is 11.8. The van der Waals surface area contributed by atoms with E-state index in [4.69, 9.17) is 13.9 Å². The summed E-state index contributed by atoms with van der Waals surface area (Å²) in [6.07, 6.45) is 2.71. The van der Waals surface area contributed by atoms with E-state index in [1.54, 1.807) is 21.1 Å². The molecule has 0 aliphatic carbocycles. The van der Waals surface area contributed by atoms with Gasteiger partial charge >= 0.3 is 7.82 Å². The normalized spacial score (nSPS) is 16.2. The first-order valence-corrected chi connectivity index (χ1v) is 10.3. The van der Waals surface area contributed by atoms with Gasteiger partial charge in [-0.3, -0.25) is 18.7 Å². The Morgan fingerprint density at radius 1 is 1.12 bits per heavy atom. The number of rotatable bonds is 14. The van der Waals surface area contributed by atoms with E-state index in [0.29, 0.717) is 19.4 Å². The van der Waals surface area contributed by atoms with Crippen LogP contribution in [-0.4, -0.2) is 78.7 Å². The standard InChI is InChI=1S/C16H35N2O7P/c1-16(2,3)25-17(14-19)11-9-7-8-10-12-23-26(21,22)24-13-15(20)18(4,5)6/h14-15,20H,7-13H2,1-6H3/p+1. The van der Waals surface area contributed by atoms with Crippen molar-refractivity contribution in [2.24, 2.45) is 0 Å². The van der Waals surface area contributed by atoms with Crippen LogP contribution in [-0.2, 0) is 23.2 Å². The number of amides is 1. The minimum absolute atomic E-state index is 0.0874. The molecule has 10 heteroatoms. The Labute approximate surface area is 157 Å². The molecule has 0 aromatic heterocycles. The molecule has 9 nitrogen and oxygen atoms in total. The summed E-state index contributed by atoms with van der Waals surface area (Å²) in [5.74, 6) is 0. The number of carbonyl (C=O) groups excluding carboxylic acids is 1. The Balaban J connectivity index is 3.85. The highest BCUT2D eigenvalue weighted by molar-refractivity contribution is 7.47. The van der Waals surface area contributed by atoms with Gasteiger partial charge in [-0.25, -0.2) is 9.63 Å². The van der Waals surface area contributed by atoms with Gasteiger partial charge in [0.1, 0.15) is 6.61 Å². The SMILES string of the molecule is CC(C)(C)ON(C=O)CCCCCCOP(=O)(O)OCC(O)[N+](C)(C)C. The molecule has 0 aliphatic rings. The maximum atomic E-state index is 11.7. The van der Waals surface area contributed by atoms with Crippen molar-refractivity contribution in [3.8, 4) is 0 Å². The third-order valence-corrected chi connectivity index (χ3v) is 4.30. The molecule has 0 rings (SSSR count). The molecule has 156 valence electrons. The molecular weight excluding hydrogens is 363 g/mol. The van der Waals surface area contributed by atoms with Crippen molar-refractivity contribution in [2.45, 2.75) is 58.3 Å². The van der Waals surface area contributed by atoms with E-state index in [9.17, 15) is 19.4 Å². The second-order valence-corrected chi connectivity index (χ2v) is 9.51. The fourth-order valence-corrected chi connectivity index (χ4v) is 2.55. The lowest BCUT2D eigenvalue weighted by molar-refractivity contribution is -0.918. The maximum Gasteiger partial charge on any atom is 0.472 e. The van der Waals surface area contributed by atoms with Crippen LogP contribution in [0, 0.1) is 0 Å². The molecule has 0 saturated carbocycles. The fraction of sp³-hybridized carbons (Fsp3) is 0.938. The zero-order valence-corrected chi connectivity index (χ0v) is 17.8. The smallest absolute Gasteiger partial charge is 0.343 e. The average molecular weight is 399 g/mol. The van der Waals surface area contributed by atoms with Crippen molar-refractivity contribution in [1.29, 1.82) is 0 Å². The minimum Gasteiger partial charge on any atom is -0.343 e. The molecule has 0 aliphatic heterocycles. The molecule has 1 amide bonds. The highest BCUT2D eigenvalue weighted by atomic mass is 31.2. The summed E-state index contributed by atoms with van der Waals surface area (Å²) in [7, 11) is 1.08. The third kappa shape index (κ3) is 13.6. The van der Waals surface area contributed by atoms with E-state index in [2.05, 4.69) is 0 Å². The zero-order valence-electron chi connectivity index (χ0n) is 16.9.